The fourth-order valence-electron chi connectivity index (χ4n) is 2.06. The van der Waals surface area contributed by atoms with Gasteiger partial charge in [-0.2, -0.15) is 11.8 Å². The molecule has 19 heavy (non-hydrogen) atoms. The smallest absolute Gasteiger partial charge is 0.0470 e. The van der Waals surface area contributed by atoms with Gasteiger partial charge in [-0.15, -0.1) is 0 Å². The lowest BCUT2D eigenvalue weighted by Crippen LogP contribution is -2.25. The van der Waals surface area contributed by atoms with Crippen molar-refractivity contribution >= 4 is 11.8 Å². The zero-order valence-electron chi connectivity index (χ0n) is 12.4. The number of benzene rings is 1. The molecule has 0 heterocycles. The minimum atomic E-state index is 0.466. The molecule has 0 aromatic heterocycles. The molecular formula is C16H27NOS. The Kier molecular flexibility index (Phi) is 8.97. The standard InChI is InChI=1S/C16H27NOS/c1-4-10-17-16(13-19-12-7-11-18-3)15-9-6-5-8-14(15)2/h5-6,8-9,16-17H,4,7,10-13H2,1-3H3. The number of methoxy groups -OCH3 is 1. The molecule has 0 amide bonds. The molecule has 108 valence electrons. The first-order valence-corrected chi connectivity index (χ1v) is 8.30. The van der Waals surface area contributed by atoms with Crippen LogP contribution in [0.15, 0.2) is 24.3 Å². The van der Waals surface area contributed by atoms with Crippen molar-refractivity contribution in [3.63, 3.8) is 0 Å². The highest BCUT2D eigenvalue weighted by Gasteiger charge is 2.12. The van der Waals surface area contributed by atoms with Gasteiger partial charge in [-0.25, -0.2) is 0 Å². The molecule has 0 fully saturated rings. The number of hydrogen-bond acceptors (Lipinski definition) is 3. The summed E-state index contributed by atoms with van der Waals surface area (Å²) in [5, 5.41) is 3.67. The maximum absolute atomic E-state index is 5.09. The lowest BCUT2D eigenvalue weighted by atomic mass is 10.0. The van der Waals surface area contributed by atoms with Gasteiger partial charge in [-0.1, -0.05) is 31.2 Å². The van der Waals surface area contributed by atoms with Crippen LogP contribution >= 0.6 is 11.8 Å². The Morgan fingerprint density at radius 2 is 2.11 bits per heavy atom. The van der Waals surface area contributed by atoms with Gasteiger partial charge in [0, 0.05) is 25.5 Å². The third-order valence-corrected chi connectivity index (χ3v) is 4.27. The minimum Gasteiger partial charge on any atom is -0.385 e. The largest absolute Gasteiger partial charge is 0.385 e. The molecule has 1 rings (SSSR count). The molecule has 1 N–H and O–H groups in total. The fraction of sp³-hybridized carbons (Fsp3) is 0.625. The number of nitrogens with one attached hydrogen (secondary N) is 1. The average molecular weight is 281 g/mol. The quantitative estimate of drug-likeness (QED) is 0.659. The molecule has 2 nitrogen and oxygen atoms in total. The van der Waals surface area contributed by atoms with Gasteiger partial charge in [0.05, 0.1) is 0 Å². The summed E-state index contributed by atoms with van der Waals surface area (Å²) in [4.78, 5) is 0. The number of rotatable bonds is 10. The molecule has 1 aromatic rings. The number of ether oxygens (including phenoxy) is 1. The average Bonchev–Trinajstić information content (AvgIpc) is 2.43. The molecule has 0 saturated heterocycles. The first-order valence-electron chi connectivity index (χ1n) is 7.15. The molecule has 0 saturated carbocycles. The second-order valence-electron chi connectivity index (χ2n) is 4.78. The van der Waals surface area contributed by atoms with E-state index in [1.165, 1.54) is 23.3 Å². The van der Waals surface area contributed by atoms with Gasteiger partial charge >= 0.3 is 0 Å². The molecule has 0 aliphatic heterocycles. The molecule has 1 unspecified atom stereocenters. The van der Waals surface area contributed by atoms with E-state index in [1.54, 1.807) is 7.11 Å². The van der Waals surface area contributed by atoms with E-state index in [2.05, 4.69) is 43.4 Å². The first-order chi connectivity index (χ1) is 9.29. The normalized spacial score (nSPS) is 12.6. The molecular weight excluding hydrogens is 254 g/mol. The SMILES string of the molecule is CCCNC(CSCCCOC)c1ccccc1C. The Hall–Kier alpha value is -0.510. The summed E-state index contributed by atoms with van der Waals surface area (Å²) in [6, 6.07) is 9.16. The predicted octanol–water partition coefficient (Wildman–Crippen LogP) is 3.81. The number of thioether (sulfide) groups is 1. The molecule has 1 aromatic carbocycles. The third kappa shape index (κ3) is 6.46. The van der Waals surface area contributed by atoms with Crippen LogP contribution in [-0.4, -0.2) is 31.8 Å². The minimum absolute atomic E-state index is 0.466. The Morgan fingerprint density at radius 3 is 2.79 bits per heavy atom. The lowest BCUT2D eigenvalue weighted by Gasteiger charge is -2.20. The van der Waals surface area contributed by atoms with Gasteiger partial charge in [0.1, 0.15) is 0 Å². The van der Waals surface area contributed by atoms with E-state index in [0.29, 0.717) is 6.04 Å². The molecule has 1 atom stereocenters. The van der Waals surface area contributed by atoms with Gasteiger partial charge in [0.15, 0.2) is 0 Å². The Labute approximate surface area is 122 Å². The van der Waals surface area contributed by atoms with Crippen LogP contribution in [0.4, 0.5) is 0 Å². The van der Waals surface area contributed by atoms with Gasteiger partial charge < -0.3 is 10.1 Å². The van der Waals surface area contributed by atoms with Crippen LogP contribution < -0.4 is 5.32 Å². The molecule has 0 spiro atoms. The molecule has 3 heteroatoms. The van der Waals surface area contributed by atoms with E-state index in [4.69, 9.17) is 4.74 Å². The highest BCUT2D eigenvalue weighted by molar-refractivity contribution is 7.99. The van der Waals surface area contributed by atoms with Gasteiger partial charge in [0.2, 0.25) is 0 Å². The molecule has 0 radical (unpaired) electrons. The zero-order chi connectivity index (χ0) is 13.9. The summed E-state index contributed by atoms with van der Waals surface area (Å²) in [7, 11) is 1.77. The Morgan fingerprint density at radius 1 is 1.32 bits per heavy atom. The predicted molar refractivity (Wildman–Crippen MR) is 86.0 cm³/mol. The van der Waals surface area contributed by atoms with Crippen LogP contribution in [-0.2, 0) is 4.74 Å². The summed E-state index contributed by atoms with van der Waals surface area (Å²) in [6.07, 6.45) is 2.31. The highest BCUT2D eigenvalue weighted by Crippen LogP contribution is 2.22. The summed E-state index contributed by atoms with van der Waals surface area (Å²) < 4.78 is 5.09. The van der Waals surface area contributed by atoms with Gasteiger partial charge in [0.25, 0.3) is 0 Å². The van der Waals surface area contributed by atoms with Crippen molar-refractivity contribution in [1.29, 1.82) is 0 Å². The Bertz CT molecular complexity index is 343. The van der Waals surface area contributed by atoms with Crippen molar-refractivity contribution in [2.45, 2.75) is 32.7 Å². The maximum atomic E-state index is 5.09. The van der Waals surface area contributed by atoms with E-state index < -0.39 is 0 Å². The number of aryl methyl sites for hydroxylation is 1. The monoisotopic (exact) mass is 281 g/mol. The van der Waals surface area contributed by atoms with Crippen LogP contribution in [0.5, 0.6) is 0 Å². The topological polar surface area (TPSA) is 21.3 Å². The van der Waals surface area contributed by atoms with Crippen LogP contribution in [0.3, 0.4) is 0 Å². The van der Waals surface area contributed by atoms with E-state index in [1.807, 2.05) is 11.8 Å². The van der Waals surface area contributed by atoms with Crippen LogP contribution in [0.25, 0.3) is 0 Å². The molecule has 0 bridgehead atoms. The summed E-state index contributed by atoms with van der Waals surface area (Å²) in [6.45, 7) is 6.36. The van der Waals surface area contributed by atoms with Crippen molar-refractivity contribution < 1.29 is 4.74 Å². The summed E-state index contributed by atoms with van der Waals surface area (Å²) in [5.41, 5.74) is 2.82. The van der Waals surface area contributed by atoms with E-state index in [0.717, 1.165) is 25.3 Å². The summed E-state index contributed by atoms with van der Waals surface area (Å²) >= 11 is 2.01. The van der Waals surface area contributed by atoms with Crippen molar-refractivity contribution in [1.82, 2.24) is 5.32 Å². The van der Waals surface area contributed by atoms with Crippen molar-refractivity contribution in [3.05, 3.63) is 35.4 Å². The van der Waals surface area contributed by atoms with E-state index in [-0.39, 0.29) is 0 Å². The molecule has 0 aliphatic carbocycles. The van der Waals surface area contributed by atoms with Crippen LogP contribution in [0, 0.1) is 6.92 Å². The van der Waals surface area contributed by atoms with Crippen LogP contribution in [0.1, 0.15) is 36.9 Å². The maximum Gasteiger partial charge on any atom is 0.0470 e. The lowest BCUT2D eigenvalue weighted by molar-refractivity contribution is 0.200. The number of hydrogen-bond donors (Lipinski definition) is 1. The third-order valence-electron chi connectivity index (χ3n) is 3.13. The highest BCUT2D eigenvalue weighted by atomic mass is 32.2. The Balaban J connectivity index is 2.49. The summed E-state index contributed by atoms with van der Waals surface area (Å²) in [5.74, 6) is 2.30. The van der Waals surface area contributed by atoms with E-state index >= 15 is 0 Å². The van der Waals surface area contributed by atoms with Crippen molar-refractivity contribution in [3.8, 4) is 0 Å². The zero-order valence-corrected chi connectivity index (χ0v) is 13.3. The van der Waals surface area contributed by atoms with Crippen molar-refractivity contribution in [2.75, 3.05) is 31.8 Å². The first kappa shape index (κ1) is 16.5. The molecule has 0 aliphatic rings. The van der Waals surface area contributed by atoms with E-state index in [9.17, 15) is 0 Å². The van der Waals surface area contributed by atoms with Gasteiger partial charge in [-0.3, -0.25) is 0 Å². The fourth-order valence-corrected chi connectivity index (χ4v) is 3.08. The van der Waals surface area contributed by atoms with Crippen molar-refractivity contribution in [2.24, 2.45) is 0 Å². The van der Waals surface area contributed by atoms with Crippen LogP contribution in [0.2, 0.25) is 0 Å². The second-order valence-corrected chi connectivity index (χ2v) is 5.93. The van der Waals surface area contributed by atoms with Gasteiger partial charge in [-0.05, 0) is 43.2 Å². The second kappa shape index (κ2) is 10.3.